The van der Waals surface area contributed by atoms with Crippen molar-refractivity contribution in [3.05, 3.63) is 35.9 Å². The monoisotopic (exact) mass is 297 g/mol. The number of carbonyl (C=O) groups excluding carboxylic acids is 2. The second-order valence-electron chi connectivity index (χ2n) is 7.31. The van der Waals surface area contributed by atoms with Crippen LogP contribution in [0.4, 0.5) is 0 Å². The number of likely N-dealkylation sites (tertiary alicyclic amines) is 1. The molecule has 3 fully saturated rings. The van der Waals surface area contributed by atoms with Gasteiger partial charge in [-0.05, 0) is 38.2 Å². The molecule has 3 aliphatic rings. The fourth-order valence-electron chi connectivity index (χ4n) is 4.96. The number of Topliss-reactive ketones (excluding diaryl/α,β-unsaturated/α-hetero) is 1. The Labute approximate surface area is 131 Å². The van der Waals surface area contributed by atoms with Gasteiger partial charge in [-0.3, -0.25) is 9.59 Å². The van der Waals surface area contributed by atoms with Crippen molar-refractivity contribution in [1.29, 1.82) is 0 Å². The van der Waals surface area contributed by atoms with Crippen molar-refractivity contribution < 1.29 is 9.59 Å². The van der Waals surface area contributed by atoms with Crippen LogP contribution in [0, 0.1) is 17.8 Å². The highest BCUT2D eigenvalue weighted by molar-refractivity contribution is 5.96. The van der Waals surface area contributed by atoms with Crippen molar-refractivity contribution in [2.45, 2.75) is 51.1 Å². The van der Waals surface area contributed by atoms with Crippen LogP contribution in [-0.2, 0) is 9.59 Å². The minimum Gasteiger partial charge on any atom is -0.336 e. The maximum atomic E-state index is 12.9. The summed E-state index contributed by atoms with van der Waals surface area (Å²) in [5.41, 5.74) is 1.32. The lowest BCUT2D eigenvalue weighted by Gasteiger charge is -2.28. The van der Waals surface area contributed by atoms with Gasteiger partial charge in [0.15, 0.2) is 0 Å². The fourth-order valence-corrected chi connectivity index (χ4v) is 4.96. The van der Waals surface area contributed by atoms with Crippen LogP contribution in [0.15, 0.2) is 30.3 Å². The van der Waals surface area contributed by atoms with Crippen LogP contribution in [0.1, 0.15) is 44.6 Å². The molecule has 2 saturated carbocycles. The van der Waals surface area contributed by atoms with Crippen LogP contribution in [0.2, 0.25) is 0 Å². The summed E-state index contributed by atoms with van der Waals surface area (Å²) in [4.78, 5) is 26.8. The molecule has 0 bridgehead atoms. The molecule has 2 aliphatic carbocycles. The Morgan fingerprint density at radius 1 is 1.18 bits per heavy atom. The quantitative estimate of drug-likeness (QED) is 0.841. The van der Waals surface area contributed by atoms with E-state index in [4.69, 9.17) is 0 Å². The summed E-state index contributed by atoms with van der Waals surface area (Å²) in [5.74, 6) is 1.39. The van der Waals surface area contributed by atoms with Crippen LogP contribution in [0.25, 0.3) is 0 Å². The molecule has 116 valence electrons. The van der Waals surface area contributed by atoms with E-state index in [0.717, 1.165) is 12.8 Å². The number of ketones is 1. The lowest BCUT2D eigenvalue weighted by molar-refractivity contribution is -0.137. The lowest BCUT2D eigenvalue weighted by Crippen LogP contribution is -2.41. The summed E-state index contributed by atoms with van der Waals surface area (Å²) in [7, 11) is 0. The first-order chi connectivity index (χ1) is 10.6. The van der Waals surface area contributed by atoms with Crippen molar-refractivity contribution in [3.63, 3.8) is 0 Å². The van der Waals surface area contributed by atoms with E-state index in [9.17, 15) is 9.59 Å². The van der Waals surface area contributed by atoms with Gasteiger partial charge in [-0.25, -0.2) is 0 Å². The van der Waals surface area contributed by atoms with Crippen LogP contribution < -0.4 is 0 Å². The first-order valence-corrected chi connectivity index (χ1v) is 8.49. The molecule has 0 spiro atoms. The number of benzene rings is 1. The van der Waals surface area contributed by atoms with Gasteiger partial charge in [-0.2, -0.15) is 0 Å². The van der Waals surface area contributed by atoms with E-state index in [2.05, 4.69) is 43.0 Å². The number of hydrogen-bond acceptors (Lipinski definition) is 2. The molecule has 3 heteroatoms. The maximum absolute atomic E-state index is 12.9. The third kappa shape index (κ3) is 1.94. The van der Waals surface area contributed by atoms with Crippen molar-refractivity contribution in [2.75, 3.05) is 0 Å². The number of nitrogens with zero attached hydrogens (tertiary/aromatic N) is 1. The Kier molecular flexibility index (Phi) is 3.14. The maximum Gasteiger partial charge on any atom is 0.227 e. The van der Waals surface area contributed by atoms with Gasteiger partial charge < -0.3 is 4.90 Å². The van der Waals surface area contributed by atoms with Crippen molar-refractivity contribution >= 4 is 11.7 Å². The predicted molar refractivity (Wildman–Crippen MR) is 84.3 cm³/mol. The highest BCUT2D eigenvalue weighted by atomic mass is 16.2. The summed E-state index contributed by atoms with van der Waals surface area (Å²) in [5, 5.41) is 0. The largest absolute Gasteiger partial charge is 0.336 e. The molecule has 1 saturated heterocycles. The summed E-state index contributed by atoms with van der Waals surface area (Å²) in [6.07, 6.45) is 2.64. The molecule has 1 aromatic carbocycles. The van der Waals surface area contributed by atoms with Crippen LogP contribution in [0.3, 0.4) is 0 Å². The van der Waals surface area contributed by atoms with E-state index in [0.29, 0.717) is 24.0 Å². The highest BCUT2D eigenvalue weighted by Gasteiger charge is 2.63. The number of rotatable bonds is 2. The standard InChI is InChI=1S/C19H23NO2/c1-11-10-15(13-6-4-3-5-7-13)12(2)20(11)19(22)18-14-8-9-16(21)17(14)18/h3-7,11-12,14-15,17-18H,8-10H2,1-2H3. The first-order valence-electron chi connectivity index (χ1n) is 8.49. The van der Waals surface area contributed by atoms with Crippen LogP contribution in [-0.4, -0.2) is 28.7 Å². The topological polar surface area (TPSA) is 37.4 Å². The molecule has 22 heavy (non-hydrogen) atoms. The van der Waals surface area contributed by atoms with Crippen molar-refractivity contribution in [2.24, 2.45) is 17.8 Å². The van der Waals surface area contributed by atoms with Gasteiger partial charge in [-0.1, -0.05) is 30.3 Å². The molecule has 1 heterocycles. The molecule has 4 rings (SSSR count). The number of carbonyl (C=O) groups is 2. The molecule has 0 radical (unpaired) electrons. The average Bonchev–Trinajstić information content (AvgIpc) is 3.02. The molecule has 1 aliphatic heterocycles. The van der Waals surface area contributed by atoms with E-state index < -0.39 is 0 Å². The summed E-state index contributed by atoms with van der Waals surface area (Å²) < 4.78 is 0. The summed E-state index contributed by atoms with van der Waals surface area (Å²) in [6, 6.07) is 11.0. The van der Waals surface area contributed by atoms with Crippen molar-refractivity contribution in [1.82, 2.24) is 4.90 Å². The molecule has 0 N–H and O–H groups in total. The van der Waals surface area contributed by atoms with Gasteiger partial charge in [0.05, 0.1) is 5.92 Å². The Bertz CT molecular complexity index is 611. The van der Waals surface area contributed by atoms with E-state index in [-0.39, 0.29) is 29.8 Å². The summed E-state index contributed by atoms with van der Waals surface area (Å²) >= 11 is 0. The Morgan fingerprint density at radius 3 is 2.55 bits per heavy atom. The first kappa shape index (κ1) is 14.0. The predicted octanol–water partition coefficient (Wildman–Crippen LogP) is 3.00. The zero-order chi connectivity index (χ0) is 15.4. The normalized spacial score (nSPS) is 39.9. The molecule has 6 atom stereocenters. The molecular weight excluding hydrogens is 274 g/mol. The minimum atomic E-state index is 0.000623. The van der Waals surface area contributed by atoms with Gasteiger partial charge >= 0.3 is 0 Å². The van der Waals surface area contributed by atoms with Gasteiger partial charge in [0, 0.05) is 30.3 Å². The minimum absolute atomic E-state index is 0.000623. The summed E-state index contributed by atoms with van der Waals surface area (Å²) in [6.45, 7) is 4.32. The third-order valence-electron chi connectivity index (χ3n) is 6.12. The van der Waals surface area contributed by atoms with Crippen LogP contribution in [0.5, 0.6) is 0 Å². The van der Waals surface area contributed by atoms with Crippen LogP contribution >= 0.6 is 0 Å². The van der Waals surface area contributed by atoms with Gasteiger partial charge in [0.25, 0.3) is 0 Å². The molecule has 1 aromatic rings. The Hall–Kier alpha value is -1.64. The zero-order valence-corrected chi connectivity index (χ0v) is 13.2. The van der Waals surface area contributed by atoms with E-state index in [1.54, 1.807) is 0 Å². The fraction of sp³-hybridized carbons (Fsp3) is 0.579. The Morgan fingerprint density at radius 2 is 1.91 bits per heavy atom. The molecule has 1 amide bonds. The molecular formula is C19H23NO2. The number of hydrogen-bond donors (Lipinski definition) is 0. The molecule has 3 nitrogen and oxygen atoms in total. The Balaban J connectivity index is 1.53. The van der Waals surface area contributed by atoms with Crippen molar-refractivity contribution in [3.8, 4) is 0 Å². The number of fused-ring (bicyclic) bond motifs is 1. The lowest BCUT2D eigenvalue weighted by atomic mass is 9.92. The average molecular weight is 297 g/mol. The van der Waals surface area contributed by atoms with Gasteiger partial charge in [0.2, 0.25) is 5.91 Å². The van der Waals surface area contributed by atoms with Gasteiger partial charge in [0.1, 0.15) is 5.78 Å². The smallest absolute Gasteiger partial charge is 0.227 e. The highest BCUT2D eigenvalue weighted by Crippen LogP contribution is 2.57. The third-order valence-corrected chi connectivity index (χ3v) is 6.12. The van der Waals surface area contributed by atoms with E-state index in [1.807, 2.05) is 6.07 Å². The number of amides is 1. The SMILES string of the molecule is CC1CC(c2ccccc2)C(C)N1C(=O)C1C2CCC(=O)C21. The van der Waals surface area contributed by atoms with E-state index >= 15 is 0 Å². The second-order valence-corrected chi connectivity index (χ2v) is 7.31. The second kappa shape index (κ2) is 4.94. The zero-order valence-electron chi connectivity index (χ0n) is 13.2. The van der Waals surface area contributed by atoms with E-state index in [1.165, 1.54) is 5.56 Å². The molecule has 0 aromatic heterocycles. The molecule has 6 unspecified atom stereocenters. The van der Waals surface area contributed by atoms with Gasteiger partial charge in [-0.15, -0.1) is 0 Å².